The van der Waals surface area contributed by atoms with Crippen LogP contribution in [0.5, 0.6) is 0 Å². The number of hydrogen-bond donors (Lipinski definition) is 2. The van der Waals surface area contributed by atoms with Crippen LogP contribution in [0.25, 0.3) is 0 Å². The van der Waals surface area contributed by atoms with Gasteiger partial charge >= 0.3 is 0 Å². The Morgan fingerprint density at radius 2 is 2.05 bits per heavy atom. The average molecular weight is 324 g/mol. The number of carbonyl (C=O) groups is 1. The number of carbonyl (C=O) groups excluding carboxylic acids is 1. The zero-order valence-corrected chi connectivity index (χ0v) is 12.8. The summed E-state index contributed by atoms with van der Waals surface area (Å²) in [6.45, 7) is 1.27. The average Bonchev–Trinajstić information content (AvgIpc) is 2.49. The van der Waals surface area contributed by atoms with Crippen LogP contribution < -0.4 is 10.6 Å². The SMILES string of the molecule is O=C(CCNCc1cccnc1)Nc1ccc(Cl)c(Cl)c1. The van der Waals surface area contributed by atoms with E-state index >= 15 is 0 Å². The minimum absolute atomic E-state index is 0.0768. The molecule has 0 aliphatic carbocycles. The van der Waals surface area contributed by atoms with Crippen molar-refractivity contribution in [1.82, 2.24) is 10.3 Å². The van der Waals surface area contributed by atoms with E-state index in [1.165, 1.54) is 0 Å². The topological polar surface area (TPSA) is 54.0 Å². The Balaban J connectivity index is 1.71. The number of anilines is 1. The summed E-state index contributed by atoms with van der Waals surface area (Å²) in [4.78, 5) is 15.8. The van der Waals surface area contributed by atoms with Crippen LogP contribution >= 0.6 is 23.2 Å². The van der Waals surface area contributed by atoms with Gasteiger partial charge in [0.15, 0.2) is 0 Å². The molecular weight excluding hydrogens is 309 g/mol. The van der Waals surface area contributed by atoms with Crippen molar-refractivity contribution in [2.45, 2.75) is 13.0 Å². The fraction of sp³-hybridized carbons (Fsp3) is 0.200. The molecule has 6 heteroatoms. The Labute approximate surface area is 133 Å². The third-order valence-corrected chi connectivity index (χ3v) is 3.52. The summed E-state index contributed by atoms with van der Waals surface area (Å²) in [7, 11) is 0. The number of nitrogens with zero attached hydrogens (tertiary/aromatic N) is 1. The largest absolute Gasteiger partial charge is 0.326 e. The number of nitrogens with one attached hydrogen (secondary N) is 2. The van der Waals surface area contributed by atoms with Crippen molar-refractivity contribution in [2.24, 2.45) is 0 Å². The number of halogens is 2. The molecule has 1 amide bonds. The number of pyridine rings is 1. The lowest BCUT2D eigenvalue weighted by atomic mass is 10.2. The molecule has 0 bridgehead atoms. The highest BCUT2D eigenvalue weighted by Crippen LogP contribution is 2.24. The molecule has 2 aromatic rings. The van der Waals surface area contributed by atoms with E-state index in [1.807, 2.05) is 12.1 Å². The third kappa shape index (κ3) is 5.34. The van der Waals surface area contributed by atoms with Crippen LogP contribution in [0.4, 0.5) is 5.69 Å². The first-order valence-electron chi connectivity index (χ1n) is 6.49. The van der Waals surface area contributed by atoms with E-state index in [2.05, 4.69) is 15.6 Å². The van der Waals surface area contributed by atoms with Gasteiger partial charge < -0.3 is 10.6 Å². The van der Waals surface area contributed by atoms with Crippen LogP contribution in [-0.2, 0) is 11.3 Å². The maximum absolute atomic E-state index is 11.8. The second kappa shape index (κ2) is 7.98. The van der Waals surface area contributed by atoms with Gasteiger partial charge in [0, 0.05) is 37.6 Å². The molecule has 2 rings (SSSR count). The fourth-order valence-electron chi connectivity index (χ4n) is 1.73. The van der Waals surface area contributed by atoms with E-state index in [4.69, 9.17) is 23.2 Å². The van der Waals surface area contributed by atoms with E-state index in [1.54, 1.807) is 30.6 Å². The Hall–Kier alpha value is -1.62. The van der Waals surface area contributed by atoms with Gasteiger partial charge in [-0.2, -0.15) is 0 Å². The van der Waals surface area contributed by atoms with Gasteiger partial charge in [-0.25, -0.2) is 0 Å². The van der Waals surface area contributed by atoms with Crippen molar-refractivity contribution >= 4 is 34.8 Å². The minimum Gasteiger partial charge on any atom is -0.326 e. The van der Waals surface area contributed by atoms with Crippen LogP contribution in [0.3, 0.4) is 0 Å². The first-order chi connectivity index (χ1) is 10.1. The molecule has 21 heavy (non-hydrogen) atoms. The molecule has 2 N–H and O–H groups in total. The fourth-order valence-corrected chi connectivity index (χ4v) is 2.03. The molecule has 0 atom stereocenters. The second-order valence-electron chi connectivity index (χ2n) is 4.47. The Bertz CT molecular complexity index is 605. The van der Waals surface area contributed by atoms with E-state index < -0.39 is 0 Å². The number of amides is 1. The highest BCUT2D eigenvalue weighted by atomic mass is 35.5. The first-order valence-corrected chi connectivity index (χ1v) is 7.25. The van der Waals surface area contributed by atoms with Gasteiger partial charge in [0.1, 0.15) is 0 Å². The van der Waals surface area contributed by atoms with Crippen LogP contribution in [0.15, 0.2) is 42.7 Å². The third-order valence-electron chi connectivity index (χ3n) is 2.78. The standard InChI is InChI=1S/C15H15Cl2N3O/c16-13-4-3-12(8-14(13)17)20-15(21)5-7-19-10-11-2-1-6-18-9-11/h1-4,6,8-9,19H,5,7,10H2,(H,20,21). The predicted octanol–water partition coefficient (Wildman–Crippen LogP) is 3.51. The molecule has 1 aromatic carbocycles. The minimum atomic E-state index is -0.0768. The molecule has 0 radical (unpaired) electrons. The molecule has 0 unspecified atom stereocenters. The molecule has 110 valence electrons. The van der Waals surface area contributed by atoms with E-state index in [0.717, 1.165) is 5.56 Å². The summed E-state index contributed by atoms with van der Waals surface area (Å²) in [6, 6.07) is 8.87. The lowest BCUT2D eigenvalue weighted by molar-refractivity contribution is -0.116. The maximum atomic E-state index is 11.8. The smallest absolute Gasteiger partial charge is 0.225 e. The maximum Gasteiger partial charge on any atom is 0.225 e. The van der Waals surface area contributed by atoms with Crippen molar-refractivity contribution in [2.75, 3.05) is 11.9 Å². The molecule has 0 spiro atoms. The van der Waals surface area contributed by atoms with Crippen molar-refractivity contribution < 1.29 is 4.79 Å². The summed E-state index contributed by atoms with van der Waals surface area (Å²) in [5.41, 5.74) is 1.73. The highest BCUT2D eigenvalue weighted by molar-refractivity contribution is 6.42. The molecule has 4 nitrogen and oxygen atoms in total. The molecular formula is C15H15Cl2N3O. The van der Waals surface area contributed by atoms with E-state index in [-0.39, 0.29) is 5.91 Å². The van der Waals surface area contributed by atoms with E-state index in [0.29, 0.717) is 35.2 Å². The highest BCUT2D eigenvalue weighted by Gasteiger charge is 2.04. The Morgan fingerprint density at radius 1 is 1.19 bits per heavy atom. The molecule has 0 saturated carbocycles. The van der Waals surface area contributed by atoms with Crippen molar-refractivity contribution in [3.05, 3.63) is 58.3 Å². The normalized spacial score (nSPS) is 10.4. The molecule has 1 aromatic heterocycles. The summed E-state index contributed by atoms with van der Waals surface area (Å²) < 4.78 is 0. The second-order valence-corrected chi connectivity index (χ2v) is 5.28. The van der Waals surface area contributed by atoms with Crippen LogP contribution in [0.2, 0.25) is 10.0 Å². The number of benzene rings is 1. The Kier molecular flexibility index (Phi) is 5.99. The van der Waals surface area contributed by atoms with Gasteiger partial charge in [0.05, 0.1) is 10.0 Å². The molecule has 1 heterocycles. The number of aromatic nitrogens is 1. The monoisotopic (exact) mass is 323 g/mol. The van der Waals surface area contributed by atoms with Gasteiger partial charge in [-0.15, -0.1) is 0 Å². The number of rotatable bonds is 6. The zero-order chi connectivity index (χ0) is 15.1. The van der Waals surface area contributed by atoms with Gasteiger partial charge in [-0.3, -0.25) is 9.78 Å². The van der Waals surface area contributed by atoms with Gasteiger partial charge in [-0.1, -0.05) is 29.3 Å². The van der Waals surface area contributed by atoms with Gasteiger partial charge in [0.25, 0.3) is 0 Å². The lowest BCUT2D eigenvalue weighted by Crippen LogP contribution is -2.21. The first kappa shape index (κ1) is 15.8. The molecule has 0 saturated heterocycles. The van der Waals surface area contributed by atoms with Crippen LogP contribution in [0.1, 0.15) is 12.0 Å². The van der Waals surface area contributed by atoms with Gasteiger partial charge in [0.2, 0.25) is 5.91 Å². The van der Waals surface area contributed by atoms with Crippen molar-refractivity contribution in [3.8, 4) is 0 Å². The zero-order valence-electron chi connectivity index (χ0n) is 11.3. The quantitative estimate of drug-likeness (QED) is 0.800. The van der Waals surface area contributed by atoms with Crippen molar-refractivity contribution in [1.29, 1.82) is 0 Å². The lowest BCUT2D eigenvalue weighted by Gasteiger charge is -2.07. The molecule has 0 fully saturated rings. The summed E-state index contributed by atoms with van der Waals surface area (Å²) >= 11 is 11.7. The predicted molar refractivity (Wildman–Crippen MR) is 85.7 cm³/mol. The number of hydrogen-bond acceptors (Lipinski definition) is 3. The summed E-state index contributed by atoms with van der Waals surface area (Å²) in [6.07, 6.45) is 3.90. The van der Waals surface area contributed by atoms with Gasteiger partial charge in [-0.05, 0) is 29.8 Å². The molecule has 0 aliphatic rings. The van der Waals surface area contributed by atoms with Crippen molar-refractivity contribution in [3.63, 3.8) is 0 Å². The van der Waals surface area contributed by atoms with Crippen LogP contribution in [-0.4, -0.2) is 17.4 Å². The Morgan fingerprint density at radius 3 is 2.76 bits per heavy atom. The molecule has 0 aliphatic heterocycles. The van der Waals surface area contributed by atoms with E-state index in [9.17, 15) is 4.79 Å². The van der Waals surface area contributed by atoms with Crippen LogP contribution in [0, 0.1) is 0 Å². The summed E-state index contributed by atoms with van der Waals surface area (Å²) in [5, 5.41) is 6.85. The summed E-state index contributed by atoms with van der Waals surface area (Å²) in [5.74, 6) is -0.0768.